The van der Waals surface area contributed by atoms with Crippen molar-refractivity contribution in [2.45, 2.75) is 84.8 Å². The number of aryl methyl sites for hydroxylation is 3. The van der Waals surface area contributed by atoms with Crippen molar-refractivity contribution in [1.29, 1.82) is 0 Å². The van der Waals surface area contributed by atoms with Gasteiger partial charge in [-0.1, -0.05) is 37.5 Å². The molecule has 182 valence electrons. The summed E-state index contributed by atoms with van der Waals surface area (Å²) >= 11 is 0. The molecule has 1 aliphatic carbocycles. The molecule has 1 atom stereocenters. The van der Waals surface area contributed by atoms with Crippen LogP contribution >= 0.6 is 0 Å². The van der Waals surface area contributed by atoms with Gasteiger partial charge in [0.25, 0.3) is 11.8 Å². The van der Waals surface area contributed by atoms with Crippen molar-refractivity contribution in [3.05, 3.63) is 46.5 Å². The lowest BCUT2D eigenvalue weighted by Gasteiger charge is -2.44. The number of carbonyl (C=O) groups excluding carboxylic acids is 3. The van der Waals surface area contributed by atoms with E-state index in [4.69, 9.17) is 0 Å². The highest BCUT2D eigenvalue weighted by Crippen LogP contribution is 2.31. The second kappa shape index (κ2) is 9.24. The summed E-state index contributed by atoms with van der Waals surface area (Å²) in [5.74, 6) is -0.901. The van der Waals surface area contributed by atoms with Crippen LogP contribution in [0, 0.1) is 20.8 Å². The predicted molar refractivity (Wildman–Crippen MR) is 131 cm³/mol. The number of rotatable bonds is 6. The number of nitrogens with one attached hydrogen (secondary N) is 2. The van der Waals surface area contributed by atoms with E-state index in [2.05, 4.69) is 15.6 Å². The van der Waals surface area contributed by atoms with Gasteiger partial charge in [-0.3, -0.25) is 14.4 Å². The molecule has 1 aliphatic heterocycles. The molecular weight excluding hydrogens is 430 g/mol. The molecule has 1 aromatic carbocycles. The minimum absolute atomic E-state index is 0.0868. The molecule has 2 heterocycles. The molecule has 1 fully saturated rings. The highest BCUT2D eigenvalue weighted by molar-refractivity contribution is 6.12. The quantitative estimate of drug-likeness (QED) is 0.679. The van der Waals surface area contributed by atoms with E-state index in [9.17, 15) is 14.4 Å². The maximum atomic E-state index is 13.7. The van der Waals surface area contributed by atoms with Crippen LogP contribution < -0.4 is 10.6 Å². The van der Waals surface area contributed by atoms with Gasteiger partial charge in [-0.2, -0.15) is 0 Å². The Morgan fingerprint density at radius 1 is 1.15 bits per heavy atom. The molecule has 0 saturated heterocycles. The Morgan fingerprint density at radius 3 is 2.41 bits per heavy atom. The van der Waals surface area contributed by atoms with E-state index in [1.165, 1.54) is 6.33 Å². The van der Waals surface area contributed by atoms with E-state index in [1.807, 2.05) is 46.8 Å². The third-order valence-corrected chi connectivity index (χ3v) is 7.12. The minimum Gasteiger partial charge on any atom is -0.351 e. The molecule has 34 heavy (non-hydrogen) atoms. The second-order valence-electron chi connectivity index (χ2n) is 9.98. The number of hydrogen-bond donors (Lipinski definition) is 2. The number of aromatic nitrogens is 2. The van der Waals surface area contributed by atoms with Gasteiger partial charge in [0.2, 0.25) is 5.91 Å². The lowest BCUT2D eigenvalue weighted by atomic mass is 9.93. The summed E-state index contributed by atoms with van der Waals surface area (Å²) in [4.78, 5) is 46.2. The fraction of sp³-hybridized carbons (Fsp3) is 0.538. The Bertz CT molecular complexity index is 1110. The summed E-state index contributed by atoms with van der Waals surface area (Å²) in [5, 5.41) is 6.11. The summed E-state index contributed by atoms with van der Waals surface area (Å²) in [6, 6.07) is 4.18. The smallest absolute Gasteiger partial charge is 0.276 e. The SMILES string of the molecule is CCCN1C(=O)c2c(C(=O)Nc3c(C)cc(C)cc3C)ncn2C[C@]1(C)C(=O)NC1CCCC1. The zero-order valence-electron chi connectivity index (χ0n) is 20.8. The largest absolute Gasteiger partial charge is 0.351 e. The van der Waals surface area contributed by atoms with Crippen LogP contribution in [0.25, 0.3) is 0 Å². The van der Waals surface area contributed by atoms with Crippen LogP contribution in [-0.4, -0.2) is 50.3 Å². The van der Waals surface area contributed by atoms with Crippen molar-refractivity contribution in [2.24, 2.45) is 0 Å². The van der Waals surface area contributed by atoms with Crippen LogP contribution in [-0.2, 0) is 11.3 Å². The average molecular weight is 466 g/mol. The Kier molecular flexibility index (Phi) is 6.51. The molecule has 1 aromatic heterocycles. The van der Waals surface area contributed by atoms with Crippen LogP contribution in [0.3, 0.4) is 0 Å². The predicted octanol–water partition coefficient (Wildman–Crippen LogP) is 3.74. The van der Waals surface area contributed by atoms with Crippen LogP contribution in [0.15, 0.2) is 18.5 Å². The van der Waals surface area contributed by atoms with E-state index in [-0.39, 0.29) is 35.8 Å². The summed E-state index contributed by atoms with van der Waals surface area (Å²) in [6.45, 7) is 10.4. The van der Waals surface area contributed by atoms with Crippen LogP contribution in [0.1, 0.15) is 83.6 Å². The maximum absolute atomic E-state index is 13.7. The zero-order valence-corrected chi connectivity index (χ0v) is 20.8. The first-order chi connectivity index (χ1) is 16.2. The van der Waals surface area contributed by atoms with Gasteiger partial charge in [0.05, 0.1) is 12.9 Å². The molecule has 2 N–H and O–H groups in total. The Hall–Kier alpha value is -3.16. The lowest BCUT2D eigenvalue weighted by Crippen LogP contribution is -2.65. The van der Waals surface area contributed by atoms with E-state index in [1.54, 1.807) is 9.47 Å². The highest BCUT2D eigenvalue weighted by Gasteiger charge is 2.49. The van der Waals surface area contributed by atoms with Gasteiger partial charge in [0.15, 0.2) is 5.69 Å². The van der Waals surface area contributed by atoms with Gasteiger partial charge in [0, 0.05) is 18.3 Å². The summed E-state index contributed by atoms with van der Waals surface area (Å²) in [6.07, 6.45) is 6.38. The van der Waals surface area contributed by atoms with E-state index in [0.717, 1.165) is 48.1 Å². The number of benzene rings is 1. The fourth-order valence-electron chi connectivity index (χ4n) is 5.39. The van der Waals surface area contributed by atoms with Crippen molar-refractivity contribution in [3.8, 4) is 0 Å². The standard InChI is InChI=1S/C26H35N5O3/c1-6-11-31-24(33)22-21(23(32)29-20-17(3)12-16(2)13-18(20)4)27-15-30(22)14-26(31,5)25(34)28-19-9-7-8-10-19/h12-13,15,19H,6-11,14H2,1-5H3,(H,28,34)(H,29,32)/t26-/m1/s1. The Morgan fingerprint density at radius 2 is 1.79 bits per heavy atom. The van der Waals surface area contributed by atoms with Gasteiger partial charge < -0.3 is 20.1 Å². The fourth-order valence-corrected chi connectivity index (χ4v) is 5.39. The molecule has 3 amide bonds. The average Bonchev–Trinajstić information content (AvgIpc) is 3.43. The zero-order chi connectivity index (χ0) is 24.6. The first kappa shape index (κ1) is 24.0. The Balaban J connectivity index is 1.64. The van der Waals surface area contributed by atoms with Gasteiger partial charge in [0.1, 0.15) is 11.2 Å². The van der Waals surface area contributed by atoms with Crippen molar-refractivity contribution < 1.29 is 14.4 Å². The van der Waals surface area contributed by atoms with Gasteiger partial charge in [-0.15, -0.1) is 0 Å². The van der Waals surface area contributed by atoms with Crippen molar-refractivity contribution >= 4 is 23.4 Å². The van der Waals surface area contributed by atoms with Gasteiger partial charge >= 0.3 is 0 Å². The number of fused-ring (bicyclic) bond motifs is 1. The second-order valence-corrected chi connectivity index (χ2v) is 9.98. The molecular formula is C26H35N5O3. The van der Waals surface area contributed by atoms with Crippen molar-refractivity contribution in [2.75, 3.05) is 11.9 Å². The van der Waals surface area contributed by atoms with E-state index in [0.29, 0.717) is 13.0 Å². The molecule has 0 radical (unpaired) electrons. The summed E-state index contributed by atoms with van der Waals surface area (Å²) in [7, 11) is 0. The van der Waals surface area contributed by atoms with E-state index >= 15 is 0 Å². The lowest BCUT2D eigenvalue weighted by molar-refractivity contribution is -0.133. The first-order valence-electron chi connectivity index (χ1n) is 12.2. The molecule has 8 heteroatoms. The molecule has 4 rings (SSSR count). The van der Waals surface area contributed by atoms with Crippen LogP contribution in [0.5, 0.6) is 0 Å². The highest BCUT2D eigenvalue weighted by atomic mass is 16.2. The van der Waals surface area contributed by atoms with Crippen molar-refractivity contribution in [3.63, 3.8) is 0 Å². The summed E-state index contributed by atoms with van der Waals surface area (Å²) in [5.41, 5.74) is 3.03. The number of carbonyl (C=O) groups is 3. The molecule has 1 saturated carbocycles. The molecule has 2 aromatic rings. The van der Waals surface area contributed by atoms with Crippen LogP contribution in [0.4, 0.5) is 5.69 Å². The molecule has 8 nitrogen and oxygen atoms in total. The minimum atomic E-state index is -1.04. The first-order valence-corrected chi connectivity index (χ1v) is 12.2. The topological polar surface area (TPSA) is 96.3 Å². The molecule has 0 unspecified atom stereocenters. The number of hydrogen-bond acceptors (Lipinski definition) is 4. The number of amides is 3. The Labute approximate surface area is 201 Å². The van der Waals surface area contributed by atoms with Crippen molar-refractivity contribution in [1.82, 2.24) is 19.8 Å². The third-order valence-electron chi connectivity index (χ3n) is 7.12. The normalized spacial score (nSPS) is 20.4. The van der Waals surface area contributed by atoms with Crippen LogP contribution in [0.2, 0.25) is 0 Å². The monoisotopic (exact) mass is 465 g/mol. The number of imidazole rings is 1. The number of anilines is 1. The van der Waals surface area contributed by atoms with E-state index < -0.39 is 11.4 Å². The molecule has 0 spiro atoms. The summed E-state index contributed by atoms with van der Waals surface area (Å²) < 4.78 is 1.66. The van der Waals surface area contributed by atoms with Gasteiger partial charge in [-0.25, -0.2) is 4.98 Å². The molecule has 2 aliphatic rings. The molecule has 0 bridgehead atoms. The third kappa shape index (κ3) is 4.21. The van der Waals surface area contributed by atoms with Gasteiger partial charge in [-0.05, 0) is 58.1 Å². The number of nitrogens with zero attached hydrogens (tertiary/aromatic N) is 3. The maximum Gasteiger partial charge on any atom is 0.276 e.